The maximum Gasteiger partial charge on any atom is 0.269 e. The Morgan fingerprint density at radius 2 is 1.92 bits per heavy atom. The van der Waals surface area contributed by atoms with Gasteiger partial charge in [0.25, 0.3) is 5.69 Å². The molecule has 0 bridgehead atoms. The van der Waals surface area contributed by atoms with Crippen LogP contribution in [0.1, 0.15) is 32.6 Å². The van der Waals surface area contributed by atoms with Gasteiger partial charge in [-0.3, -0.25) is 14.9 Å². The summed E-state index contributed by atoms with van der Waals surface area (Å²) in [5.74, 6) is 0.917. The van der Waals surface area contributed by atoms with Crippen LogP contribution in [-0.2, 0) is 4.79 Å². The molecule has 1 aliphatic heterocycles. The van der Waals surface area contributed by atoms with E-state index < -0.39 is 4.92 Å². The number of hydrogen-bond donors (Lipinski definition) is 2. The zero-order chi connectivity index (χ0) is 18.1. The molecule has 1 aliphatic rings. The molecule has 8 heteroatoms. The van der Waals surface area contributed by atoms with Crippen LogP contribution in [0.15, 0.2) is 24.3 Å². The van der Waals surface area contributed by atoms with Crippen LogP contribution in [0.2, 0.25) is 0 Å². The molecule has 0 atom stereocenters. The van der Waals surface area contributed by atoms with Gasteiger partial charge in [-0.05, 0) is 50.4 Å². The lowest BCUT2D eigenvalue weighted by molar-refractivity contribution is -0.384. The average Bonchev–Trinajstić information content (AvgIpc) is 2.64. The third-order valence-corrected chi connectivity index (χ3v) is 4.62. The van der Waals surface area contributed by atoms with Gasteiger partial charge in [-0.25, -0.2) is 0 Å². The van der Waals surface area contributed by atoms with Crippen molar-refractivity contribution in [1.29, 1.82) is 0 Å². The molecule has 1 aromatic rings. The first kappa shape index (κ1) is 22.2. The van der Waals surface area contributed by atoms with E-state index in [4.69, 9.17) is 0 Å². The average molecular weight is 385 g/mol. The van der Waals surface area contributed by atoms with Crippen LogP contribution in [0.5, 0.6) is 0 Å². The molecule has 1 amide bonds. The Balaban J connectivity index is 0.00000338. The summed E-state index contributed by atoms with van der Waals surface area (Å²) in [7, 11) is 0. The lowest BCUT2D eigenvalue weighted by atomic mass is 9.96. The van der Waals surface area contributed by atoms with Crippen molar-refractivity contribution in [1.82, 2.24) is 10.2 Å². The first-order valence-electron chi connectivity index (χ1n) is 9.07. The van der Waals surface area contributed by atoms with Gasteiger partial charge in [0.05, 0.1) is 4.92 Å². The number of nitrogens with one attached hydrogen (secondary N) is 2. The molecule has 1 heterocycles. The van der Waals surface area contributed by atoms with Crippen molar-refractivity contribution in [2.75, 3.05) is 38.0 Å². The summed E-state index contributed by atoms with van der Waals surface area (Å²) in [4.78, 5) is 24.4. The van der Waals surface area contributed by atoms with E-state index in [9.17, 15) is 14.9 Å². The van der Waals surface area contributed by atoms with Crippen molar-refractivity contribution in [3.8, 4) is 0 Å². The zero-order valence-corrected chi connectivity index (χ0v) is 16.1. The van der Waals surface area contributed by atoms with Crippen LogP contribution in [0.3, 0.4) is 0 Å². The van der Waals surface area contributed by atoms with E-state index in [2.05, 4.69) is 17.6 Å². The highest BCUT2D eigenvalue weighted by atomic mass is 35.5. The highest BCUT2D eigenvalue weighted by Crippen LogP contribution is 2.18. The molecule has 0 aromatic heterocycles. The minimum atomic E-state index is -0.413. The molecule has 0 aliphatic carbocycles. The number of nitro benzene ring substituents is 1. The largest absolute Gasteiger partial charge is 0.385 e. The van der Waals surface area contributed by atoms with Crippen molar-refractivity contribution in [2.24, 2.45) is 5.92 Å². The Kier molecular flexibility index (Phi) is 9.98. The summed E-state index contributed by atoms with van der Waals surface area (Å²) in [6, 6.07) is 6.33. The fraction of sp³-hybridized carbons (Fsp3) is 0.611. The van der Waals surface area contributed by atoms with Gasteiger partial charge in [-0.1, -0.05) is 6.92 Å². The van der Waals surface area contributed by atoms with Crippen LogP contribution >= 0.6 is 12.4 Å². The maximum atomic E-state index is 12.3. The normalized spacial score (nSPS) is 14.6. The second kappa shape index (κ2) is 11.7. The minimum absolute atomic E-state index is 0. The molecule has 0 spiro atoms. The Labute approximate surface area is 161 Å². The number of carbonyl (C=O) groups excluding carboxylic acids is 1. The van der Waals surface area contributed by atoms with Crippen molar-refractivity contribution < 1.29 is 9.72 Å². The quantitative estimate of drug-likeness (QED) is 0.388. The van der Waals surface area contributed by atoms with Gasteiger partial charge in [0.1, 0.15) is 0 Å². The van der Waals surface area contributed by atoms with Gasteiger partial charge in [0.2, 0.25) is 5.91 Å². The number of anilines is 1. The third kappa shape index (κ3) is 7.17. The Hall–Kier alpha value is -1.86. The molecule has 26 heavy (non-hydrogen) atoms. The van der Waals surface area contributed by atoms with Crippen LogP contribution in [0.25, 0.3) is 0 Å². The van der Waals surface area contributed by atoms with Crippen LogP contribution in [0, 0.1) is 16.0 Å². The molecule has 2 rings (SSSR count). The van der Waals surface area contributed by atoms with Gasteiger partial charge < -0.3 is 15.5 Å². The number of carbonyl (C=O) groups is 1. The Morgan fingerprint density at radius 3 is 2.50 bits per heavy atom. The number of halogens is 1. The van der Waals surface area contributed by atoms with E-state index in [0.29, 0.717) is 18.9 Å². The number of likely N-dealkylation sites (tertiary alicyclic amines) is 1. The Morgan fingerprint density at radius 1 is 1.27 bits per heavy atom. The summed E-state index contributed by atoms with van der Waals surface area (Å²) >= 11 is 0. The summed E-state index contributed by atoms with van der Waals surface area (Å²) in [5, 5.41) is 17.2. The standard InChI is InChI=1S/C18H28N4O3.ClH/c1-2-19-14-15-9-12-21(13-10-15)18(23)4-3-11-20-16-5-7-17(8-6-16)22(24)25;/h5-8,15,19-20H,2-4,9-14H2,1H3;1H. The molecule has 1 fully saturated rings. The van der Waals surface area contributed by atoms with Crippen LogP contribution in [-0.4, -0.2) is 48.5 Å². The van der Waals surface area contributed by atoms with Crippen LogP contribution in [0.4, 0.5) is 11.4 Å². The highest BCUT2D eigenvalue weighted by molar-refractivity contribution is 5.85. The zero-order valence-electron chi connectivity index (χ0n) is 15.3. The fourth-order valence-electron chi connectivity index (χ4n) is 3.07. The molecule has 0 unspecified atom stereocenters. The number of nitro groups is 1. The number of amides is 1. The summed E-state index contributed by atoms with van der Waals surface area (Å²) in [6.45, 7) is 6.58. The second-order valence-corrected chi connectivity index (χ2v) is 6.47. The lowest BCUT2D eigenvalue weighted by Gasteiger charge is -2.32. The van der Waals surface area contributed by atoms with Gasteiger partial charge in [-0.2, -0.15) is 0 Å². The summed E-state index contributed by atoms with van der Waals surface area (Å²) in [5.41, 5.74) is 0.917. The van der Waals surface area contributed by atoms with Gasteiger partial charge in [0.15, 0.2) is 0 Å². The van der Waals surface area contributed by atoms with Gasteiger partial charge in [-0.15, -0.1) is 12.4 Å². The molecule has 2 N–H and O–H groups in total. The monoisotopic (exact) mass is 384 g/mol. The summed E-state index contributed by atoms with van der Waals surface area (Å²) < 4.78 is 0. The third-order valence-electron chi connectivity index (χ3n) is 4.62. The highest BCUT2D eigenvalue weighted by Gasteiger charge is 2.21. The molecule has 0 saturated carbocycles. The number of piperidine rings is 1. The molecular weight excluding hydrogens is 356 g/mol. The maximum absolute atomic E-state index is 12.3. The van der Waals surface area contributed by atoms with Gasteiger partial charge >= 0.3 is 0 Å². The van der Waals surface area contributed by atoms with E-state index in [-0.39, 0.29) is 24.0 Å². The van der Waals surface area contributed by atoms with Crippen molar-refractivity contribution >= 4 is 29.7 Å². The molecular formula is C18H29ClN4O3. The number of benzene rings is 1. The molecule has 1 saturated heterocycles. The second-order valence-electron chi connectivity index (χ2n) is 6.47. The number of rotatable bonds is 9. The minimum Gasteiger partial charge on any atom is -0.385 e. The van der Waals surface area contributed by atoms with E-state index >= 15 is 0 Å². The predicted molar refractivity (Wildman–Crippen MR) is 106 cm³/mol. The lowest BCUT2D eigenvalue weighted by Crippen LogP contribution is -2.40. The van der Waals surface area contributed by atoms with Crippen molar-refractivity contribution in [3.05, 3.63) is 34.4 Å². The molecule has 7 nitrogen and oxygen atoms in total. The summed E-state index contributed by atoms with van der Waals surface area (Å²) in [6.07, 6.45) is 3.46. The topological polar surface area (TPSA) is 87.5 Å². The van der Waals surface area contributed by atoms with Gasteiger partial charge in [0, 0.05) is 43.9 Å². The molecule has 1 aromatic carbocycles. The van der Waals surface area contributed by atoms with E-state index in [1.54, 1.807) is 12.1 Å². The van der Waals surface area contributed by atoms with Crippen molar-refractivity contribution in [3.63, 3.8) is 0 Å². The van der Waals surface area contributed by atoms with E-state index in [1.807, 2.05) is 4.90 Å². The Bertz CT molecular complexity index is 560. The predicted octanol–water partition coefficient (Wildman–Crippen LogP) is 3.06. The van der Waals surface area contributed by atoms with E-state index in [1.165, 1.54) is 12.1 Å². The smallest absolute Gasteiger partial charge is 0.269 e. The first-order valence-corrected chi connectivity index (χ1v) is 9.07. The SMILES string of the molecule is CCNCC1CCN(C(=O)CCCNc2ccc([N+](=O)[O-])cc2)CC1.Cl. The molecule has 146 valence electrons. The molecule has 0 radical (unpaired) electrons. The van der Waals surface area contributed by atoms with Crippen LogP contribution < -0.4 is 10.6 Å². The number of nitrogens with zero attached hydrogens (tertiary/aromatic N) is 2. The fourth-order valence-corrected chi connectivity index (χ4v) is 3.07. The van der Waals surface area contributed by atoms with Crippen molar-refractivity contribution in [2.45, 2.75) is 32.6 Å². The number of hydrogen-bond acceptors (Lipinski definition) is 5. The first-order chi connectivity index (χ1) is 12.1. The van der Waals surface area contributed by atoms with E-state index in [0.717, 1.165) is 51.1 Å². The number of non-ortho nitro benzene ring substituents is 1.